The minimum Gasteiger partial charge on any atom is -0.472 e. The first-order chi connectivity index (χ1) is 10.6. The van der Waals surface area contributed by atoms with Crippen LogP contribution in [0.5, 0.6) is 0 Å². The van der Waals surface area contributed by atoms with Crippen molar-refractivity contribution >= 4 is 11.8 Å². The zero-order chi connectivity index (χ0) is 15.5. The van der Waals surface area contributed by atoms with Crippen molar-refractivity contribution in [2.45, 2.75) is 32.6 Å². The van der Waals surface area contributed by atoms with Crippen molar-refractivity contribution in [3.05, 3.63) is 24.2 Å². The zero-order valence-electron chi connectivity index (χ0n) is 13.2. The minimum absolute atomic E-state index is 0.0292. The lowest BCUT2D eigenvalue weighted by Gasteiger charge is -2.37. The number of carbonyl (C=O) groups is 2. The van der Waals surface area contributed by atoms with Gasteiger partial charge in [0.05, 0.1) is 17.7 Å². The van der Waals surface area contributed by atoms with Crippen molar-refractivity contribution in [1.82, 2.24) is 9.80 Å². The molecule has 1 aromatic heterocycles. The van der Waals surface area contributed by atoms with Crippen molar-refractivity contribution in [3.63, 3.8) is 0 Å². The third-order valence-electron chi connectivity index (χ3n) is 4.92. The fraction of sp³-hybridized carbons (Fsp3) is 0.647. The Morgan fingerprint density at radius 2 is 1.91 bits per heavy atom. The molecular weight excluding hydrogens is 280 g/mol. The Bertz CT molecular complexity index is 518. The van der Waals surface area contributed by atoms with Gasteiger partial charge in [-0.15, -0.1) is 0 Å². The molecule has 2 saturated heterocycles. The molecule has 5 heteroatoms. The molecular formula is C17H24N2O3. The van der Waals surface area contributed by atoms with Gasteiger partial charge in [-0.05, 0) is 37.7 Å². The average molecular weight is 304 g/mol. The molecule has 0 spiro atoms. The van der Waals surface area contributed by atoms with Crippen LogP contribution in [0.2, 0.25) is 0 Å². The van der Waals surface area contributed by atoms with Crippen LogP contribution in [-0.2, 0) is 4.79 Å². The van der Waals surface area contributed by atoms with Crippen LogP contribution in [0.3, 0.4) is 0 Å². The predicted molar refractivity (Wildman–Crippen MR) is 82.3 cm³/mol. The molecule has 5 nitrogen and oxygen atoms in total. The van der Waals surface area contributed by atoms with Crippen LogP contribution in [0, 0.1) is 11.8 Å². The topological polar surface area (TPSA) is 53.8 Å². The highest BCUT2D eigenvalue weighted by Crippen LogP contribution is 2.24. The van der Waals surface area contributed by atoms with Gasteiger partial charge in [0.1, 0.15) is 6.26 Å². The second kappa shape index (κ2) is 6.55. The molecule has 0 radical (unpaired) electrons. The van der Waals surface area contributed by atoms with Crippen molar-refractivity contribution in [2.24, 2.45) is 11.8 Å². The number of hydrogen-bond acceptors (Lipinski definition) is 3. The van der Waals surface area contributed by atoms with Crippen LogP contribution < -0.4 is 0 Å². The van der Waals surface area contributed by atoms with Gasteiger partial charge in [0.25, 0.3) is 5.91 Å². The second-order valence-corrected chi connectivity index (χ2v) is 6.61. The van der Waals surface area contributed by atoms with Crippen LogP contribution >= 0.6 is 0 Å². The molecule has 0 saturated carbocycles. The molecule has 22 heavy (non-hydrogen) atoms. The van der Waals surface area contributed by atoms with E-state index >= 15 is 0 Å². The van der Waals surface area contributed by atoms with E-state index in [4.69, 9.17) is 4.42 Å². The first kappa shape index (κ1) is 15.1. The number of nitrogens with zero attached hydrogens (tertiary/aromatic N) is 2. The molecule has 120 valence electrons. The van der Waals surface area contributed by atoms with Crippen LogP contribution in [-0.4, -0.2) is 47.8 Å². The standard InChI is InChI=1S/C17H24N2O3/c1-13-4-8-18(9-5-13)16(20)14-3-2-7-19(11-14)17(21)15-6-10-22-12-15/h6,10,12-14H,2-5,7-9,11H2,1H3. The summed E-state index contributed by atoms with van der Waals surface area (Å²) in [6, 6.07) is 1.68. The van der Waals surface area contributed by atoms with Crippen LogP contribution in [0.15, 0.2) is 23.0 Å². The van der Waals surface area contributed by atoms with Gasteiger partial charge in [0.2, 0.25) is 5.91 Å². The van der Waals surface area contributed by atoms with Crippen LogP contribution in [0.1, 0.15) is 43.0 Å². The van der Waals surface area contributed by atoms with E-state index in [9.17, 15) is 9.59 Å². The molecule has 0 bridgehead atoms. The van der Waals surface area contributed by atoms with E-state index in [1.54, 1.807) is 11.0 Å². The maximum absolute atomic E-state index is 12.7. The van der Waals surface area contributed by atoms with Gasteiger partial charge in [-0.2, -0.15) is 0 Å². The monoisotopic (exact) mass is 304 g/mol. The lowest BCUT2D eigenvalue weighted by molar-refractivity contribution is -0.138. The Morgan fingerprint density at radius 3 is 2.59 bits per heavy atom. The fourth-order valence-corrected chi connectivity index (χ4v) is 3.42. The molecule has 1 atom stereocenters. The normalized spacial score (nSPS) is 23.6. The number of furan rings is 1. The molecule has 2 fully saturated rings. The van der Waals surface area contributed by atoms with E-state index in [1.807, 2.05) is 4.90 Å². The zero-order valence-corrected chi connectivity index (χ0v) is 13.2. The summed E-state index contributed by atoms with van der Waals surface area (Å²) in [6.45, 7) is 5.24. The summed E-state index contributed by atoms with van der Waals surface area (Å²) in [4.78, 5) is 28.9. The predicted octanol–water partition coefficient (Wildman–Crippen LogP) is 2.39. The summed E-state index contributed by atoms with van der Waals surface area (Å²) in [7, 11) is 0. The minimum atomic E-state index is -0.0435. The summed E-state index contributed by atoms with van der Waals surface area (Å²) in [5, 5.41) is 0. The maximum atomic E-state index is 12.7. The van der Waals surface area contributed by atoms with Gasteiger partial charge in [-0.25, -0.2) is 0 Å². The van der Waals surface area contributed by atoms with Crippen molar-refractivity contribution in [3.8, 4) is 0 Å². The van der Waals surface area contributed by atoms with Gasteiger partial charge >= 0.3 is 0 Å². The summed E-state index contributed by atoms with van der Waals surface area (Å²) < 4.78 is 4.98. The Kier molecular flexibility index (Phi) is 4.50. The first-order valence-corrected chi connectivity index (χ1v) is 8.25. The lowest BCUT2D eigenvalue weighted by Crippen LogP contribution is -2.48. The molecule has 2 aliphatic heterocycles. The van der Waals surface area contributed by atoms with Gasteiger partial charge in [-0.3, -0.25) is 9.59 Å². The Balaban J connectivity index is 1.60. The summed E-state index contributed by atoms with van der Waals surface area (Å²) in [5.74, 6) is 0.877. The summed E-state index contributed by atoms with van der Waals surface area (Å²) in [5.41, 5.74) is 0.569. The number of amides is 2. The van der Waals surface area contributed by atoms with Crippen molar-refractivity contribution < 1.29 is 14.0 Å². The van der Waals surface area contributed by atoms with Gasteiger partial charge in [-0.1, -0.05) is 6.92 Å². The van der Waals surface area contributed by atoms with E-state index < -0.39 is 0 Å². The van der Waals surface area contributed by atoms with E-state index in [0.717, 1.165) is 51.2 Å². The fourth-order valence-electron chi connectivity index (χ4n) is 3.42. The third-order valence-corrected chi connectivity index (χ3v) is 4.92. The van der Waals surface area contributed by atoms with E-state index in [0.29, 0.717) is 12.1 Å². The van der Waals surface area contributed by atoms with Crippen molar-refractivity contribution in [1.29, 1.82) is 0 Å². The first-order valence-electron chi connectivity index (χ1n) is 8.25. The van der Waals surface area contributed by atoms with Crippen molar-refractivity contribution in [2.75, 3.05) is 26.2 Å². The van der Waals surface area contributed by atoms with E-state index in [-0.39, 0.29) is 17.7 Å². The summed E-state index contributed by atoms with van der Waals surface area (Å²) >= 11 is 0. The highest BCUT2D eigenvalue weighted by atomic mass is 16.3. The number of likely N-dealkylation sites (tertiary alicyclic amines) is 2. The number of carbonyl (C=O) groups excluding carboxylic acids is 2. The highest BCUT2D eigenvalue weighted by molar-refractivity contribution is 5.94. The quantitative estimate of drug-likeness (QED) is 0.843. The van der Waals surface area contributed by atoms with E-state index in [2.05, 4.69) is 6.92 Å². The van der Waals surface area contributed by atoms with Crippen LogP contribution in [0.4, 0.5) is 0 Å². The SMILES string of the molecule is CC1CCN(C(=O)C2CCCN(C(=O)c3ccoc3)C2)CC1. The lowest BCUT2D eigenvalue weighted by atomic mass is 9.93. The molecule has 0 aliphatic carbocycles. The smallest absolute Gasteiger partial charge is 0.257 e. The maximum Gasteiger partial charge on any atom is 0.257 e. The number of rotatable bonds is 2. The molecule has 2 amide bonds. The van der Waals surface area contributed by atoms with E-state index in [1.165, 1.54) is 12.5 Å². The highest BCUT2D eigenvalue weighted by Gasteiger charge is 2.32. The third kappa shape index (κ3) is 3.18. The Labute approximate surface area is 131 Å². The molecule has 1 unspecified atom stereocenters. The second-order valence-electron chi connectivity index (χ2n) is 6.61. The summed E-state index contributed by atoms with van der Waals surface area (Å²) in [6.07, 6.45) is 6.95. The molecule has 0 aromatic carbocycles. The Hall–Kier alpha value is -1.78. The van der Waals surface area contributed by atoms with Gasteiger partial charge < -0.3 is 14.2 Å². The molecule has 1 aromatic rings. The molecule has 3 heterocycles. The molecule has 2 aliphatic rings. The number of piperidine rings is 2. The van der Waals surface area contributed by atoms with Gasteiger partial charge in [0, 0.05) is 26.2 Å². The van der Waals surface area contributed by atoms with Gasteiger partial charge in [0.15, 0.2) is 0 Å². The number of hydrogen-bond donors (Lipinski definition) is 0. The Morgan fingerprint density at radius 1 is 1.14 bits per heavy atom. The largest absolute Gasteiger partial charge is 0.472 e. The van der Waals surface area contributed by atoms with Crippen LogP contribution in [0.25, 0.3) is 0 Å². The molecule has 3 rings (SSSR count). The molecule has 0 N–H and O–H groups in total. The average Bonchev–Trinajstić information content (AvgIpc) is 3.09.